The van der Waals surface area contributed by atoms with E-state index in [1.807, 2.05) is 17.4 Å². The Hall–Kier alpha value is -5.94. The molecule has 0 unspecified atom stereocenters. The van der Waals surface area contributed by atoms with Gasteiger partial charge in [0.25, 0.3) is 0 Å². The second kappa shape index (κ2) is 11.6. The number of rotatable bonds is 6. The molecule has 0 saturated heterocycles. The first-order valence-corrected chi connectivity index (χ1v) is 19.8. The summed E-state index contributed by atoms with van der Waals surface area (Å²) in [5, 5.41) is 10.6. The van der Waals surface area contributed by atoms with E-state index < -0.39 is 8.07 Å². The van der Waals surface area contributed by atoms with Crippen molar-refractivity contribution in [2.24, 2.45) is 0 Å². The lowest BCUT2D eigenvalue weighted by Gasteiger charge is -2.47. The van der Waals surface area contributed by atoms with Crippen LogP contribution in [0.25, 0.3) is 58.9 Å². The first kappa shape index (κ1) is 29.0. The molecule has 0 aliphatic heterocycles. The van der Waals surface area contributed by atoms with Gasteiger partial charge in [0.05, 0.1) is 11.8 Å². The molecule has 0 N–H and O–H groups in total. The van der Waals surface area contributed by atoms with Crippen LogP contribution >= 0.6 is 11.3 Å². The number of aromatic nitrogens is 1. The van der Waals surface area contributed by atoms with E-state index in [0.717, 1.165) is 16.7 Å². The van der Waals surface area contributed by atoms with Crippen LogP contribution in [0.1, 0.15) is 0 Å². The maximum Gasteiger partial charge on any atom is 0.134 e. The number of hydrogen-bond acceptors (Lipinski definition) is 2. The molecule has 0 atom stereocenters. The van der Waals surface area contributed by atoms with Gasteiger partial charge in [0.2, 0.25) is 0 Å². The number of benzene rings is 7. The Morgan fingerprint density at radius 1 is 0.440 bits per heavy atom. The molecule has 0 amide bonds. The highest BCUT2D eigenvalue weighted by atomic mass is 32.1. The summed E-state index contributed by atoms with van der Waals surface area (Å²) >= 11 is 1.88. The smallest absolute Gasteiger partial charge is 0.134 e. The van der Waals surface area contributed by atoms with E-state index in [0.29, 0.717) is 0 Å². The van der Waals surface area contributed by atoms with Crippen molar-refractivity contribution < 1.29 is 4.42 Å². The quantitative estimate of drug-likeness (QED) is 0.127. The van der Waals surface area contributed by atoms with Crippen LogP contribution < -0.4 is 20.7 Å². The number of hydrogen-bond donors (Lipinski definition) is 0. The summed E-state index contributed by atoms with van der Waals surface area (Å²) in [6, 6.07) is 65.1. The fraction of sp³-hybridized carbons (Fsp3) is 0. The van der Waals surface area contributed by atoms with Gasteiger partial charge in [-0.25, -0.2) is 0 Å². The maximum atomic E-state index is 5.63. The van der Waals surface area contributed by atoms with Crippen LogP contribution in [0.4, 0.5) is 0 Å². The third-order valence-corrected chi connectivity index (χ3v) is 16.2. The molecule has 7 aromatic carbocycles. The van der Waals surface area contributed by atoms with E-state index in [1.165, 1.54) is 62.9 Å². The zero-order valence-electron chi connectivity index (χ0n) is 27.2. The SMILES string of the molecule is c1ccc([Si-](c2ccccc2)(c2ccccc2)c2ccc3sc4ccc(-c5ccc(-n6ccc7c8ccoc8ccc76)cc5)cc4c3c2)cc1. The molecule has 0 fully saturated rings. The summed E-state index contributed by atoms with van der Waals surface area (Å²) in [5.41, 5.74) is 5.67. The number of fused-ring (bicyclic) bond motifs is 6. The first-order chi connectivity index (χ1) is 24.8. The van der Waals surface area contributed by atoms with E-state index in [9.17, 15) is 0 Å². The molecular formula is C46H31NOSSi-. The highest BCUT2D eigenvalue weighted by Crippen LogP contribution is 2.37. The molecule has 237 valence electrons. The van der Waals surface area contributed by atoms with Gasteiger partial charge in [-0.2, -0.15) is 20.7 Å². The molecule has 4 heteroatoms. The van der Waals surface area contributed by atoms with Crippen LogP contribution in [0.15, 0.2) is 193 Å². The summed E-state index contributed by atoms with van der Waals surface area (Å²) in [6.45, 7) is 0. The molecule has 10 rings (SSSR count). The number of thiophene rings is 1. The van der Waals surface area contributed by atoms with Gasteiger partial charge < -0.3 is 8.98 Å². The fourth-order valence-corrected chi connectivity index (χ4v) is 13.8. The standard InChI is InChI=1S/C46H31NOSSi/c1-4-10-35(11-5-1)50(36-12-6-2-7-13-36,37-14-8-3-9-15-37)38-21-25-46-42(31-38)41-30-33(18-24-45(41)49-46)32-16-19-34(20-17-32)47-28-26-39-40-27-29-48-44(40)23-22-43(39)47/h1-31H/q-1. The largest absolute Gasteiger partial charge is 0.464 e. The van der Waals surface area contributed by atoms with Crippen molar-refractivity contribution in [1.29, 1.82) is 0 Å². The third kappa shape index (κ3) is 4.46. The molecule has 3 heterocycles. The minimum Gasteiger partial charge on any atom is -0.464 e. The average Bonchev–Trinajstić information content (AvgIpc) is 3.93. The molecule has 10 aromatic rings. The van der Waals surface area contributed by atoms with Gasteiger partial charge in [-0.3, -0.25) is 0 Å². The zero-order valence-corrected chi connectivity index (χ0v) is 29.0. The predicted molar refractivity (Wildman–Crippen MR) is 215 cm³/mol. The molecule has 0 saturated carbocycles. The lowest BCUT2D eigenvalue weighted by Crippen LogP contribution is -2.74. The second-order valence-electron chi connectivity index (χ2n) is 12.9. The normalized spacial score (nSPS) is 12.0. The lowest BCUT2D eigenvalue weighted by atomic mass is 10.0. The van der Waals surface area contributed by atoms with Gasteiger partial charge in [0, 0.05) is 37.4 Å². The minimum absolute atomic E-state index is 0.919. The highest BCUT2D eigenvalue weighted by molar-refractivity contribution is 7.26. The van der Waals surface area contributed by atoms with Crippen molar-refractivity contribution in [3.05, 3.63) is 188 Å². The third-order valence-electron chi connectivity index (χ3n) is 10.3. The molecule has 0 aliphatic carbocycles. The van der Waals surface area contributed by atoms with E-state index in [4.69, 9.17) is 4.42 Å². The van der Waals surface area contributed by atoms with Gasteiger partial charge >= 0.3 is 0 Å². The van der Waals surface area contributed by atoms with Crippen molar-refractivity contribution in [2.45, 2.75) is 0 Å². The average molecular weight is 674 g/mol. The van der Waals surface area contributed by atoms with Crippen LogP contribution in [0.5, 0.6) is 0 Å². The predicted octanol–water partition coefficient (Wildman–Crippen LogP) is 9.79. The molecule has 50 heavy (non-hydrogen) atoms. The zero-order chi connectivity index (χ0) is 33.1. The van der Waals surface area contributed by atoms with E-state index in [2.05, 4.69) is 181 Å². The van der Waals surface area contributed by atoms with Crippen LogP contribution in [0, 0.1) is 0 Å². The maximum absolute atomic E-state index is 5.63. The molecule has 3 aromatic heterocycles. The summed E-state index contributed by atoms with van der Waals surface area (Å²) in [7, 11) is -2.62. The van der Waals surface area contributed by atoms with Gasteiger partial charge in [-0.1, -0.05) is 121 Å². The minimum atomic E-state index is -2.62. The Labute approximate surface area is 295 Å². The molecule has 0 radical (unpaired) electrons. The summed E-state index contributed by atoms with van der Waals surface area (Å²) in [6.07, 6.45) is 3.91. The first-order valence-electron chi connectivity index (χ1n) is 17.0. The molecule has 2 nitrogen and oxygen atoms in total. The van der Waals surface area contributed by atoms with Gasteiger partial charge in [0.15, 0.2) is 0 Å². The van der Waals surface area contributed by atoms with Gasteiger partial charge in [-0.05, 0) is 79.2 Å². The van der Waals surface area contributed by atoms with Crippen molar-refractivity contribution in [3.63, 3.8) is 0 Å². The summed E-state index contributed by atoms with van der Waals surface area (Å²) < 4.78 is 10.5. The fourth-order valence-electron chi connectivity index (χ4n) is 7.96. The van der Waals surface area contributed by atoms with Crippen LogP contribution in [-0.2, 0) is 0 Å². The lowest BCUT2D eigenvalue weighted by molar-refractivity contribution is 0.616. The Morgan fingerprint density at radius 2 is 1.04 bits per heavy atom. The van der Waals surface area contributed by atoms with Gasteiger partial charge in [0.1, 0.15) is 5.58 Å². The molecule has 0 bridgehead atoms. The van der Waals surface area contributed by atoms with Crippen molar-refractivity contribution in [1.82, 2.24) is 4.57 Å². The van der Waals surface area contributed by atoms with Crippen LogP contribution in [0.3, 0.4) is 0 Å². The van der Waals surface area contributed by atoms with Crippen molar-refractivity contribution in [3.8, 4) is 16.8 Å². The Balaban J connectivity index is 1.11. The Morgan fingerprint density at radius 3 is 1.70 bits per heavy atom. The van der Waals surface area contributed by atoms with E-state index >= 15 is 0 Å². The number of furan rings is 1. The highest BCUT2D eigenvalue weighted by Gasteiger charge is 2.28. The summed E-state index contributed by atoms with van der Waals surface area (Å²) in [5.74, 6) is 0. The molecule has 0 spiro atoms. The monoisotopic (exact) mass is 673 g/mol. The molecule has 0 aliphatic rings. The van der Waals surface area contributed by atoms with E-state index in [1.54, 1.807) is 6.26 Å². The second-order valence-corrected chi connectivity index (χ2v) is 17.8. The van der Waals surface area contributed by atoms with E-state index in [-0.39, 0.29) is 0 Å². The summed E-state index contributed by atoms with van der Waals surface area (Å²) in [4.78, 5) is 0. The topological polar surface area (TPSA) is 18.1 Å². The Bertz CT molecular complexity index is 2700. The number of nitrogens with zero attached hydrogens (tertiary/aromatic N) is 1. The molecular weight excluding hydrogens is 643 g/mol. The van der Waals surface area contributed by atoms with Crippen molar-refractivity contribution in [2.75, 3.05) is 0 Å². The van der Waals surface area contributed by atoms with Crippen LogP contribution in [0.2, 0.25) is 0 Å². The Kier molecular flexibility index (Phi) is 6.73. The van der Waals surface area contributed by atoms with Gasteiger partial charge in [-0.15, -0.1) is 11.3 Å². The van der Waals surface area contributed by atoms with Crippen LogP contribution in [-0.4, -0.2) is 12.6 Å². The van der Waals surface area contributed by atoms with Crippen molar-refractivity contribution >= 4 is 82.2 Å².